The van der Waals surface area contributed by atoms with Gasteiger partial charge in [-0.2, -0.15) is 0 Å². The molecule has 3 nitrogen and oxygen atoms in total. The highest BCUT2D eigenvalue weighted by Crippen LogP contribution is 1.99. The average molecular weight is 184 g/mol. The van der Waals surface area contributed by atoms with E-state index in [-0.39, 0.29) is 11.9 Å². The van der Waals surface area contributed by atoms with Crippen molar-refractivity contribution in [1.82, 2.24) is 4.90 Å². The molecule has 0 saturated heterocycles. The maximum absolute atomic E-state index is 11.6. The number of carbonyl (C=O) groups excluding carboxylic acids is 1. The molecule has 0 aromatic rings. The molecule has 0 fully saturated rings. The molecule has 0 spiro atoms. The average Bonchev–Trinajstić information content (AvgIpc) is 2.13. The summed E-state index contributed by atoms with van der Waals surface area (Å²) in [5.41, 5.74) is 5.71. The summed E-state index contributed by atoms with van der Waals surface area (Å²) in [6, 6.07) is -0.343. The highest BCUT2D eigenvalue weighted by atomic mass is 16.2. The number of nitrogens with two attached hydrogens (primary N) is 1. The third-order valence-electron chi connectivity index (χ3n) is 1.96. The zero-order valence-corrected chi connectivity index (χ0v) is 8.62. The van der Waals surface area contributed by atoms with Gasteiger partial charge in [-0.3, -0.25) is 4.79 Å². The fourth-order valence-electron chi connectivity index (χ4n) is 1.20. The Morgan fingerprint density at radius 1 is 1.62 bits per heavy atom. The molecule has 0 rings (SSSR count). The van der Waals surface area contributed by atoms with Crippen LogP contribution in [0.25, 0.3) is 0 Å². The van der Waals surface area contributed by atoms with Crippen LogP contribution < -0.4 is 5.73 Å². The fraction of sp³-hybridized carbons (Fsp3) is 0.700. The Bertz CT molecular complexity index is 168. The van der Waals surface area contributed by atoms with Crippen molar-refractivity contribution in [3.05, 3.63) is 12.7 Å². The van der Waals surface area contributed by atoms with Crippen LogP contribution in [-0.2, 0) is 4.79 Å². The van der Waals surface area contributed by atoms with Crippen molar-refractivity contribution in [2.45, 2.75) is 32.7 Å². The quantitative estimate of drug-likeness (QED) is 0.629. The van der Waals surface area contributed by atoms with Crippen LogP contribution in [0.2, 0.25) is 0 Å². The number of hydrogen-bond acceptors (Lipinski definition) is 2. The van der Waals surface area contributed by atoms with Gasteiger partial charge in [-0.1, -0.05) is 19.4 Å². The molecule has 0 aromatic carbocycles. The molecule has 0 radical (unpaired) electrons. The lowest BCUT2D eigenvalue weighted by Crippen LogP contribution is -2.43. The molecule has 0 aliphatic rings. The van der Waals surface area contributed by atoms with Crippen LogP contribution in [0, 0.1) is 0 Å². The van der Waals surface area contributed by atoms with Gasteiger partial charge in [0.05, 0.1) is 6.04 Å². The Kier molecular flexibility index (Phi) is 6.24. The molecule has 76 valence electrons. The van der Waals surface area contributed by atoms with Crippen LogP contribution >= 0.6 is 0 Å². The first-order valence-corrected chi connectivity index (χ1v) is 4.82. The van der Waals surface area contributed by atoms with Crippen molar-refractivity contribution in [3.63, 3.8) is 0 Å². The van der Waals surface area contributed by atoms with Crippen LogP contribution in [0.3, 0.4) is 0 Å². The molecule has 3 heteroatoms. The lowest BCUT2D eigenvalue weighted by atomic mass is 10.1. The monoisotopic (exact) mass is 184 g/mol. The summed E-state index contributed by atoms with van der Waals surface area (Å²) < 4.78 is 0. The largest absolute Gasteiger partial charge is 0.338 e. The molecule has 2 N–H and O–H groups in total. The lowest BCUT2D eigenvalue weighted by molar-refractivity contribution is -0.132. The highest BCUT2D eigenvalue weighted by molar-refractivity contribution is 5.81. The second kappa shape index (κ2) is 6.66. The van der Waals surface area contributed by atoms with E-state index in [9.17, 15) is 4.79 Å². The molecule has 0 heterocycles. The van der Waals surface area contributed by atoms with Gasteiger partial charge < -0.3 is 10.6 Å². The van der Waals surface area contributed by atoms with E-state index in [1.807, 2.05) is 13.8 Å². The summed E-state index contributed by atoms with van der Waals surface area (Å²) >= 11 is 0. The Morgan fingerprint density at radius 2 is 2.23 bits per heavy atom. The minimum absolute atomic E-state index is 0.0317. The van der Waals surface area contributed by atoms with Crippen molar-refractivity contribution < 1.29 is 4.79 Å². The second-order valence-electron chi connectivity index (χ2n) is 3.06. The predicted octanol–water partition coefficient (Wildman–Crippen LogP) is 1.15. The minimum atomic E-state index is -0.343. The summed E-state index contributed by atoms with van der Waals surface area (Å²) in [7, 11) is 0. The zero-order valence-electron chi connectivity index (χ0n) is 8.62. The predicted molar refractivity (Wildman–Crippen MR) is 55.3 cm³/mol. The smallest absolute Gasteiger partial charge is 0.239 e. The van der Waals surface area contributed by atoms with Crippen molar-refractivity contribution in [2.75, 3.05) is 13.1 Å². The number of amides is 1. The van der Waals surface area contributed by atoms with Crippen LogP contribution in [0.5, 0.6) is 0 Å². The molecular weight excluding hydrogens is 164 g/mol. The van der Waals surface area contributed by atoms with Crippen molar-refractivity contribution in [2.24, 2.45) is 5.73 Å². The Balaban J connectivity index is 4.09. The van der Waals surface area contributed by atoms with Crippen molar-refractivity contribution in [3.8, 4) is 0 Å². The van der Waals surface area contributed by atoms with Gasteiger partial charge in [0.2, 0.25) is 5.91 Å². The van der Waals surface area contributed by atoms with E-state index in [0.29, 0.717) is 13.1 Å². The number of hydrogen-bond donors (Lipinski definition) is 1. The van der Waals surface area contributed by atoms with E-state index >= 15 is 0 Å². The third-order valence-corrected chi connectivity index (χ3v) is 1.96. The zero-order chi connectivity index (χ0) is 10.3. The van der Waals surface area contributed by atoms with Gasteiger partial charge in [0.15, 0.2) is 0 Å². The van der Waals surface area contributed by atoms with E-state index in [1.165, 1.54) is 0 Å². The molecular formula is C10H20N2O. The van der Waals surface area contributed by atoms with Gasteiger partial charge in [0.1, 0.15) is 0 Å². The molecule has 1 atom stereocenters. The first kappa shape index (κ1) is 12.2. The van der Waals surface area contributed by atoms with Crippen LogP contribution in [0.15, 0.2) is 12.7 Å². The first-order chi connectivity index (χ1) is 6.17. The SMILES string of the molecule is C=CCN(CC)C(=O)C(N)CCC. The van der Waals surface area contributed by atoms with E-state index in [1.54, 1.807) is 11.0 Å². The van der Waals surface area contributed by atoms with Gasteiger partial charge in [0, 0.05) is 13.1 Å². The highest BCUT2D eigenvalue weighted by Gasteiger charge is 2.17. The van der Waals surface area contributed by atoms with Gasteiger partial charge in [-0.25, -0.2) is 0 Å². The van der Waals surface area contributed by atoms with Gasteiger partial charge in [-0.15, -0.1) is 6.58 Å². The number of carbonyl (C=O) groups is 1. The normalized spacial score (nSPS) is 12.2. The number of rotatable bonds is 6. The summed E-state index contributed by atoms with van der Waals surface area (Å²) in [5, 5.41) is 0. The standard InChI is InChI=1S/C10H20N2O/c1-4-7-9(11)10(13)12(6-3)8-5-2/h5,9H,2,4,6-8,11H2,1,3H3. The summed E-state index contributed by atoms with van der Waals surface area (Å²) in [4.78, 5) is 13.3. The Labute approximate surface area is 80.6 Å². The van der Waals surface area contributed by atoms with Gasteiger partial charge in [0.25, 0.3) is 0 Å². The Hall–Kier alpha value is -0.830. The Morgan fingerprint density at radius 3 is 2.62 bits per heavy atom. The maximum Gasteiger partial charge on any atom is 0.239 e. The summed E-state index contributed by atoms with van der Waals surface area (Å²) in [5.74, 6) is 0.0317. The molecule has 0 aliphatic carbocycles. The molecule has 13 heavy (non-hydrogen) atoms. The van der Waals surface area contributed by atoms with E-state index < -0.39 is 0 Å². The fourth-order valence-corrected chi connectivity index (χ4v) is 1.20. The number of likely N-dealkylation sites (N-methyl/N-ethyl adjacent to an activating group) is 1. The van der Waals surface area contributed by atoms with E-state index in [0.717, 1.165) is 12.8 Å². The van der Waals surface area contributed by atoms with Gasteiger partial charge in [-0.05, 0) is 13.3 Å². The van der Waals surface area contributed by atoms with Crippen molar-refractivity contribution >= 4 is 5.91 Å². The number of nitrogens with zero attached hydrogens (tertiary/aromatic N) is 1. The molecule has 0 aliphatic heterocycles. The first-order valence-electron chi connectivity index (χ1n) is 4.82. The van der Waals surface area contributed by atoms with E-state index in [2.05, 4.69) is 6.58 Å². The third kappa shape index (κ3) is 4.08. The molecule has 0 bridgehead atoms. The van der Waals surface area contributed by atoms with E-state index in [4.69, 9.17) is 5.73 Å². The van der Waals surface area contributed by atoms with Crippen LogP contribution in [-0.4, -0.2) is 29.9 Å². The van der Waals surface area contributed by atoms with Crippen LogP contribution in [0.4, 0.5) is 0 Å². The molecule has 1 amide bonds. The molecule has 1 unspecified atom stereocenters. The summed E-state index contributed by atoms with van der Waals surface area (Å²) in [6.07, 6.45) is 3.42. The second-order valence-corrected chi connectivity index (χ2v) is 3.06. The van der Waals surface area contributed by atoms with Crippen LogP contribution in [0.1, 0.15) is 26.7 Å². The minimum Gasteiger partial charge on any atom is -0.338 e. The topological polar surface area (TPSA) is 46.3 Å². The maximum atomic E-state index is 11.6. The summed E-state index contributed by atoms with van der Waals surface area (Å²) in [6.45, 7) is 8.86. The molecule has 0 saturated carbocycles. The lowest BCUT2D eigenvalue weighted by Gasteiger charge is -2.22. The van der Waals surface area contributed by atoms with Gasteiger partial charge >= 0.3 is 0 Å². The molecule has 0 aromatic heterocycles. The van der Waals surface area contributed by atoms with Crippen molar-refractivity contribution in [1.29, 1.82) is 0 Å².